The molecule has 0 aromatic carbocycles. The molecule has 0 nitrogen and oxygen atoms in total. The molecule has 0 amide bonds. The first kappa shape index (κ1) is 7.81. The van der Waals surface area contributed by atoms with Crippen molar-refractivity contribution in [2.45, 2.75) is 11.9 Å². The summed E-state index contributed by atoms with van der Waals surface area (Å²) in [4.78, 5) is 0. The van der Waals surface area contributed by atoms with E-state index < -0.39 is 13.3 Å². The van der Waals surface area contributed by atoms with E-state index in [1.807, 2.05) is 17.6 Å². The fraction of sp³-hybridized carbons (Fsp3) is 0.333. The van der Waals surface area contributed by atoms with Crippen molar-refractivity contribution in [2.24, 2.45) is 0 Å². The maximum atomic E-state index is 5.98. The van der Waals surface area contributed by atoms with Gasteiger partial charge >= 0.3 is 66.6 Å². The molecule has 0 radical (unpaired) electrons. The zero-order chi connectivity index (χ0) is 6.91. The van der Waals surface area contributed by atoms with Crippen LogP contribution < -0.4 is 0 Å². The van der Waals surface area contributed by atoms with E-state index >= 15 is 0 Å². The molecule has 0 N–H and O–H groups in total. The molecule has 0 aromatic heterocycles. The van der Waals surface area contributed by atoms with Crippen molar-refractivity contribution in [1.82, 2.24) is 0 Å². The molecule has 0 heterocycles. The molecular formula is C6H8Cl2Ir. The van der Waals surface area contributed by atoms with Crippen LogP contribution in [0.3, 0.4) is 0 Å². The Hall–Kier alpha value is 0.709. The summed E-state index contributed by atoms with van der Waals surface area (Å²) in [5.41, 5.74) is 1.97. The molecule has 0 spiro atoms. The third-order valence-corrected chi connectivity index (χ3v) is 7.32. The normalized spacial score (nSPS) is 20.1. The van der Waals surface area contributed by atoms with Crippen molar-refractivity contribution in [1.29, 1.82) is 0 Å². The molecule has 0 bridgehead atoms. The molecule has 0 unspecified atom stereocenters. The van der Waals surface area contributed by atoms with Crippen LogP contribution in [0.1, 0.15) is 6.42 Å². The number of rotatable bonds is 1. The van der Waals surface area contributed by atoms with Gasteiger partial charge in [-0.3, -0.25) is 0 Å². The first-order valence-corrected chi connectivity index (χ1v) is 12.0. The molecular weight excluding hydrogens is 335 g/mol. The third-order valence-electron chi connectivity index (χ3n) is 1.09. The summed E-state index contributed by atoms with van der Waals surface area (Å²) in [7, 11) is 12.0. The van der Waals surface area contributed by atoms with Crippen LogP contribution in [0, 0.1) is 0 Å². The average molecular weight is 343 g/mol. The van der Waals surface area contributed by atoms with Crippen LogP contribution in [-0.2, 0) is 13.3 Å². The average Bonchev–Trinajstić information content (AvgIpc) is 2.08. The zero-order valence-electron chi connectivity index (χ0n) is 5.03. The number of hydrogen-bond donors (Lipinski definition) is 0. The summed E-state index contributed by atoms with van der Waals surface area (Å²) >= 11 is -2.44. The molecule has 1 aliphatic rings. The van der Waals surface area contributed by atoms with E-state index in [2.05, 4.69) is 6.08 Å². The SMILES string of the molecule is [CH3][Ir]([Cl])([Cl])[C]1=CC=CC1. The van der Waals surface area contributed by atoms with Crippen molar-refractivity contribution in [3.63, 3.8) is 0 Å². The van der Waals surface area contributed by atoms with Gasteiger partial charge in [0.25, 0.3) is 0 Å². The van der Waals surface area contributed by atoms with Crippen LogP contribution in [0.15, 0.2) is 22.3 Å². The van der Waals surface area contributed by atoms with Crippen molar-refractivity contribution < 1.29 is 13.3 Å². The van der Waals surface area contributed by atoms with Gasteiger partial charge in [0.2, 0.25) is 0 Å². The van der Waals surface area contributed by atoms with Gasteiger partial charge in [-0.05, 0) is 0 Å². The quantitative estimate of drug-likeness (QED) is 0.685. The summed E-state index contributed by atoms with van der Waals surface area (Å²) in [6, 6.07) is 0. The van der Waals surface area contributed by atoms with E-state index in [4.69, 9.17) is 19.2 Å². The zero-order valence-corrected chi connectivity index (χ0v) is 8.94. The minimum atomic E-state index is -2.44. The number of halogens is 2. The first-order valence-electron chi connectivity index (χ1n) is 2.47. The van der Waals surface area contributed by atoms with Gasteiger partial charge in [0.15, 0.2) is 0 Å². The molecule has 0 saturated heterocycles. The predicted molar refractivity (Wildman–Crippen MR) is 39.4 cm³/mol. The van der Waals surface area contributed by atoms with E-state index in [1.54, 1.807) is 0 Å². The van der Waals surface area contributed by atoms with Crippen molar-refractivity contribution in [3.8, 4) is 0 Å². The Morgan fingerprint density at radius 2 is 2.22 bits per heavy atom. The molecule has 3 heteroatoms. The van der Waals surface area contributed by atoms with Crippen LogP contribution in [0.2, 0.25) is 5.44 Å². The van der Waals surface area contributed by atoms with E-state index in [9.17, 15) is 0 Å². The van der Waals surface area contributed by atoms with Crippen LogP contribution in [0.25, 0.3) is 0 Å². The van der Waals surface area contributed by atoms with Crippen LogP contribution in [-0.4, -0.2) is 0 Å². The molecule has 0 saturated carbocycles. The Morgan fingerprint density at radius 3 is 2.44 bits per heavy atom. The van der Waals surface area contributed by atoms with Gasteiger partial charge in [0, 0.05) is 0 Å². The monoisotopic (exact) mass is 343 g/mol. The predicted octanol–water partition coefficient (Wildman–Crippen LogP) is 3.34. The molecule has 0 aliphatic heterocycles. The molecule has 9 heavy (non-hydrogen) atoms. The van der Waals surface area contributed by atoms with E-state index in [0.717, 1.165) is 6.42 Å². The Kier molecular flexibility index (Phi) is 2.39. The van der Waals surface area contributed by atoms with E-state index in [1.165, 1.54) is 4.09 Å². The molecule has 1 aliphatic carbocycles. The summed E-state index contributed by atoms with van der Waals surface area (Å²) in [6.07, 6.45) is 7.12. The third kappa shape index (κ3) is 2.09. The molecule has 1 rings (SSSR count). The Labute approximate surface area is 66.5 Å². The fourth-order valence-electron chi connectivity index (χ4n) is 0.629. The van der Waals surface area contributed by atoms with Gasteiger partial charge < -0.3 is 0 Å². The summed E-state index contributed by atoms with van der Waals surface area (Å²) in [5.74, 6) is 0. The van der Waals surface area contributed by atoms with Gasteiger partial charge in [-0.25, -0.2) is 0 Å². The van der Waals surface area contributed by atoms with Gasteiger partial charge in [-0.2, -0.15) is 0 Å². The Morgan fingerprint density at radius 1 is 1.56 bits per heavy atom. The fourth-order valence-corrected chi connectivity index (χ4v) is 4.23. The van der Waals surface area contributed by atoms with Crippen LogP contribution in [0.4, 0.5) is 0 Å². The standard InChI is InChI=1S/C5H5.CH3.2ClH.Ir/c1-2-4-5-3-1;;;;/h1-3H,4H2;1H3;2*1H;/q;;;;+2/p-2. The van der Waals surface area contributed by atoms with Crippen LogP contribution in [0.5, 0.6) is 0 Å². The van der Waals surface area contributed by atoms with Gasteiger partial charge in [0.05, 0.1) is 0 Å². The summed E-state index contributed by atoms with van der Waals surface area (Å²) < 4.78 is 1.26. The van der Waals surface area contributed by atoms with Gasteiger partial charge in [0.1, 0.15) is 0 Å². The van der Waals surface area contributed by atoms with Crippen molar-refractivity contribution in [3.05, 3.63) is 22.3 Å². The molecule has 0 aromatic rings. The minimum absolute atomic E-state index is 0.976. The Bertz CT molecular complexity index is 164. The first-order chi connectivity index (χ1) is 4.11. The maximum absolute atomic E-state index is 5.98. The second-order valence-electron chi connectivity index (χ2n) is 1.81. The van der Waals surface area contributed by atoms with E-state index in [-0.39, 0.29) is 0 Å². The summed E-state index contributed by atoms with van der Waals surface area (Å²) in [6.45, 7) is 0. The van der Waals surface area contributed by atoms with Crippen molar-refractivity contribution in [2.75, 3.05) is 0 Å². The second-order valence-corrected chi connectivity index (χ2v) is 16.9. The summed E-state index contributed by atoms with van der Waals surface area (Å²) in [5, 5.41) is 0. The number of allylic oxidation sites excluding steroid dienone is 4. The van der Waals surface area contributed by atoms with E-state index in [0.29, 0.717) is 0 Å². The topological polar surface area (TPSA) is 0 Å². The molecule has 0 atom stereocenters. The van der Waals surface area contributed by atoms with Gasteiger partial charge in [-0.1, -0.05) is 0 Å². The van der Waals surface area contributed by atoms with Crippen LogP contribution >= 0.6 is 19.2 Å². The molecule has 0 fully saturated rings. The Balaban J connectivity index is 2.66. The van der Waals surface area contributed by atoms with Crippen molar-refractivity contribution >= 4 is 19.2 Å². The second kappa shape index (κ2) is 2.75. The van der Waals surface area contributed by atoms with Gasteiger partial charge in [-0.15, -0.1) is 0 Å². The number of hydrogen-bond acceptors (Lipinski definition) is 0. The molecule has 55 valence electrons.